The molecule has 2 aromatic rings. The Kier molecular flexibility index (Phi) is 11.1. The highest BCUT2D eigenvalue weighted by Crippen LogP contribution is 2.28. The Morgan fingerprint density at radius 3 is 2.11 bits per heavy atom. The molecule has 2 amide bonds. The molecule has 0 aromatic heterocycles. The van der Waals surface area contributed by atoms with Crippen molar-refractivity contribution >= 4 is 62.3 Å². The molecule has 0 spiro atoms. The van der Waals surface area contributed by atoms with Crippen molar-refractivity contribution < 1.29 is 18.0 Å². The lowest BCUT2D eigenvalue weighted by molar-refractivity contribution is -0.140. The summed E-state index contributed by atoms with van der Waals surface area (Å²) in [5.74, 6) is -0.895. The first kappa shape index (κ1) is 29.2. The quantitative estimate of drug-likeness (QED) is 0.363. The average Bonchev–Trinajstić information content (AvgIpc) is 2.79. The second-order valence-electron chi connectivity index (χ2n) is 8.04. The summed E-state index contributed by atoms with van der Waals surface area (Å²) in [4.78, 5) is 28.0. The maximum Gasteiger partial charge on any atom is 0.244 e. The Balaban J connectivity index is 2.45. The molecule has 0 saturated carbocycles. The first-order chi connectivity index (χ1) is 16.5. The number of rotatable bonds is 12. The van der Waals surface area contributed by atoms with Crippen molar-refractivity contribution in [3.63, 3.8) is 0 Å². The van der Waals surface area contributed by atoms with Crippen LogP contribution in [0.4, 0.5) is 5.69 Å². The van der Waals surface area contributed by atoms with Gasteiger partial charge in [0, 0.05) is 33.7 Å². The van der Waals surface area contributed by atoms with Gasteiger partial charge in [-0.15, -0.1) is 0 Å². The molecule has 192 valence electrons. The second-order valence-corrected chi connectivity index (χ2v) is 11.2. The van der Waals surface area contributed by atoms with Crippen LogP contribution < -0.4 is 9.62 Å². The predicted molar refractivity (Wildman–Crippen MR) is 143 cm³/mol. The molecular weight excluding hydrogens is 533 g/mol. The summed E-state index contributed by atoms with van der Waals surface area (Å²) in [6.45, 7) is 3.69. The van der Waals surface area contributed by atoms with Gasteiger partial charge in [-0.2, -0.15) is 0 Å². The molecule has 2 aromatic carbocycles. The Hall–Kier alpha value is -2.00. The molecule has 0 aliphatic rings. The molecule has 7 nitrogen and oxygen atoms in total. The first-order valence-corrected chi connectivity index (χ1v) is 14.2. The van der Waals surface area contributed by atoms with Crippen LogP contribution >= 0.6 is 34.8 Å². The van der Waals surface area contributed by atoms with Crippen LogP contribution in [-0.4, -0.2) is 50.5 Å². The van der Waals surface area contributed by atoms with Crippen molar-refractivity contribution in [2.45, 2.75) is 45.7 Å². The maximum absolute atomic E-state index is 13.6. The minimum atomic E-state index is -3.83. The Morgan fingerprint density at radius 2 is 1.60 bits per heavy atom. The summed E-state index contributed by atoms with van der Waals surface area (Å²) >= 11 is 18.7. The van der Waals surface area contributed by atoms with Gasteiger partial charge in [0.15, 0.2) is 0 Å². The van der Waals surface area contributed by atoms with Crippen molar-refractivity contribution in [2.75, 3.05) is 23.7 Å². The number of hydrogen-bond acceptors (Lipinski definition) is 4. The van der Waals surface area contributed by atoms with Crippen molar-refractivity contribution in [3.05, 3.63) is 63.1 Å². The van der Waals surface area contributed by atoms with Gasteiger partial charge in [-0.05, 0) is 49.2 Å². The molecule has 11 heteroatoms. The number of carbonyl (C=O) groups excluding carboxylic acids is 2. The second kappa shape index (κ2) is 13.3. The van der Waals surface area contributed by atoms with Gasteiger partial charge in [0.2, 0.25) is 21.8 Å². The topological polar surface area (TPSA) is 86.8 Å². The van der Waals surface area contributed by atoms with Crippen molar-refractivity contribution in [2.24, 2.45) is 0 Å². The lowest BCUT2D eigenvalue weighted by atomic mass is 10.1. The summed E-state index contributed by atoms with van der Waals surface area (Å²) in [5, 5.41) is 3.97. The van der Waals surface area contributed by atoms with Crippen LogP contribution in [0.15, 0.2) is 42.5 Å². The van der Waals surface area contributed by atoms with E-state index >= 15 is 0 Å². The van der Waals surface area contributed by atoms with Crippen molar-refractivity contribution in [1.29, 1.82) is 0 Å². The Bertz CT molecular complexity index is 1110. The molecule has 0 fully saturated rings. The summed E-state index contributed by atoms with van der Waals surface area (Å²) < 4.78 is 26.2. The molecule has 35 heavy (non-hydrogen) atoms. The van der Waals surface area contributed by atoms with Gasteiger partial charge in [-0.3, -0.25) is 13.9 Å². The van der Waals surface area contributed by atoms with Gasteiger partial charge < -0.3 is 10.2 Å². The number of benzene rings is 2. The van der Waals surface area contributed by atoms with E-state index in [0.717, 1.165) is 23.4 Å². The maximum atomic E-state index is 13.6. The van der Waals surface area contributed by atoms with Crippen LogP contribution in [0.3, 0.4) is 0 Å². The van der Waals surface area contributed by atoms with Crippen molar-refractivity contribution in [3.8, 4) is 0 Å². The number of unbranched alkanes of at least 4 members (excludes halogenated alkanes) is 1. The van der Waals surface area contributed by atoms with E-state index in [1.54, 1.807) is 25.1 Å². The number of halogens is 3. The lowest BCUT2D eigenvalue weighted by Gasteiger charge is -2.33. The third kappa shape index (κ3) is 8.27. The standard InChI is InChI=1S/C24H30Cl3N3O4S/c1-4-6-14-28-24(32)22(5-2)29(15-19-20(26)8-7-9-21(19)27)23(31)16-30(35(3,33)34)18-12-10-17(25)11-13-18/h7-13,22H,4-6,14-16H2,1-3H3,(H,28,32). The number of hydrogen-bond donors (Lipinski definition) is 1. The van der Waals surface area contributed by atoms with Crippen LogP contribution in [0, 0.1) is 0 Å². The van der Waals surface area contributed by atoms with E-state index in [1.165, 1.54) is 29.2 Å². The normalized spacial score (nSPS) is 12.2. The van der Waals surface area contributed by atoms with Gasteiger partial charge in [0.1, 0.15) is 12.6 Å². The van der Waals surface area contributed by atoms with E-state index in [-0.39, 0.29) is 18.1 Å². The van der Waals surface area contributed by atoms with Crippen LogP contribution in [0.2, 0.25) is 15.1 Å². The molecule has 0 bridgehead atoms. The van der Waals surface area contributed by atoms with E-state index < -0.39 is 28.5 Å². The van der Waals surface area contributed by atoms with Crippen LogP contribution in [0.1, 0.15) is 38.7 Å². The number of anilines is 1. The zero-order valence-corrected chi connectivity index (χ0v) is 23.0. The largest absolute Gasteiger partial charge is 0.354 e. The van der Waals surface area contributed by atoms with E-state index in [9.17, 15) is 18.0 Å². The van der Waals surface area contributed by atoms with E-state index in [4.69, 9.17) is 34.8 Å². The number of sulfonamides is 1. The molecule has 0 heterocycles. The molecule has 2 rings (SSSR count). The van der Waals surface area contributed by atoms with Gasteiger partial charge in [-0.1, -0.05) is 61.1 Å². The SMILES string of the molecule is CCCCNC(=O)C(CC)N(Cc1c(Cl)cccc1Cl)C(=O)CN(c1ccc(Cl)cc1)S(C)(=O)=O. The summed E-state index contributed by atoms with van der Waals surface area (Å²) in [5.41, 5.74) is 0.753. The molecule has 1 unspecified atom stereocenters. The molecule has 1 atom stereocenters. The van der Waals surface area contributed by atoms with E-state index in [0.29, 0.717) is 33.6 Å². The van der Waals surface area contributed by atoms with E-state index in [2.05, 4.69) is 5.32 Å². The molecule has 0 aliphatic heterocycles. The number of amides is 2. The number of nitrogens with zero attached hydrogens (tertiary/aromatic N) is 2. The minimum absolute atomic E-state index is 0.0603. The summed E-state index contributed by atoms with van der Waals surface area (Å²) in [6, 6.07) is 10.2. The highest BCUT2D eigenvalue weighted by atomic mass is 35.5. The van der Waals surface area contributed by atoms with Gasteiger partial charge >= 0.3 is 0 Å². The smallest absolute Gasteiger partial charge is 0.244 e. The fourth-order valence-corrected chi connectivity index (χ4v) is 4.99. The van der Waals surface area contributed by atoms with E-state index in [1.807, 2.05) is 6.92 Å². The Labute approximate surface area is 222 Å². The first-order valence-electron chi connectivity index (χ1n) is 11.2. The number of nitrogens with one attached hydrogen (secondary N) is 1. The Morgan fingerprint density at radius 1 is 1.00 bits per heavy atom. The summed E-state index contributed by atoms with van der Waals surface area (Å²) in [7, 11) is -3.83. The van der Waals surface area contributed by atoms with Gasteiger partial charge in [0.05, 0.1) is 11.9 Å². The average molecular weight is 563 g/mol. The number of carbonyl (C=O) groups is 2. The monoisotopic (exact) mass is 561 g/mol. The minimum Gasteiger partial charge on any atom is -0.354 e. The zero-order valence-electron chi connectivity index (χ0n) is 19.9. The van der Waals surface area contributed by atoms with Crippen LogP contribution in [0.5, 0.6) is 0 Å². The third-order valence-corrected chi connectivity index (χ3v) is 7.50. The third-order valence-electron chi connectivity index (χ3n) is 5.40. The summed E-state index contributed by atoms with van der Waals surface area (Å²) in [6.07, 6.45) is 3.02. The highest BCUT2D eigenvalue weighted by Gasteiger charge is 2.32. The molecule has 0 aliphatic carbocycles. The fourth-order valence-electron chi connectivity index (χ4n) is 3.50. The highest BCUT2D eigenvalue weighted by molar-refractivity contribution is 7.92. The molecule has 0 saturated heterocycles. The fraction of sp³-hybridized carbons (Fsp3) is 0.417. The molecule has 0 radical (unpaired) electrons. The zero-order chi connectivity index (χ0) is 26.2. The van der Waals surface area contributed by atoms with Crippen LogP contribution in [0.25, 0.3) is 0 Å². The van der Waals surface area contributed by atoms with Crippen molar-refractivity contribution in [1.82, 2.24) is 10.2 Å². The molecule has 1 N–H and O–H groups in total. The van der Waals surface area contributed by atoms with Gasteiger partial charge in [-0.25, -0.2) is 8.42 Å². The predicted octanol–water partition coefficient (Wildman–Crippen LogP) is 5.14. The molecular formula is C24H30Cl3N3O4S. The van der Waals surface area contributed by atoms with Gasteiger partial charge in [0.25, 0.3) is 0 Å². The van der Waals surface area contributed by atoms with Crippen LogP contribution in [-0.2, 0) is 26.2 Å². The lowest BCUT2D eigenvalue weighted by Crippen LogP contribution is -2.52.